The van der Waals surface area contributed by atoms with Crippen LogP contribution in [0.15, 0.2) is 97.6 Å². The lowest BCUT2D eigenvalue weighted by Gasteiger charge is -2.18. The van der Waals surface area contributed by atoms with Gasteiger partial charge >= 0.3 is 0 Å². The predicted molar refractivity (Wildman–Crippen MR) is 158 cm³/mol. The van der Waals surface area contributed by atoms with Crippen molar-refractivity contribution in [2.75, 3.05) is 26.2 Å². The van der Waals surface area contributed by atoms with Gasteiger partial charge < -0.3 is 9.80 Å². The maximum Gasteiger partial charge on any atom is 0.259 e. The third-order valence-corrected chi connectivity index (χ3v) is 7.34. The van der Waals surface area contributed by atoms with Crippen molar-refractivity contribution in [2.45, 2.75) is 40.8 Å². The number of hydrogen-bond acceptors (Lipinski definition) is 2. The van der Waals surface area contributed by atoms with E-state index in [-0.39, 0.29) is 11.8 Å². The molecule has 4 aromatic rings. The third-order valence-electron chi connectivity index (χ3n) is 7.34. The minimum absolute atomic E-state index is 0.0525. The molecule has 0 atom stereocenters. The van der Waals surface area contributed by atoms with Crippen molar-refractivity contribution in [3.05, 3.63) is 120 Å². The minimum Gasteiger partial charge on any atom is -0.339 e. The van der Waals surface area contributed by atoms with Crippen LogP contribution in [0.3, 0.4) is 0 Å². The number of hydrogen-bond donors (Lipinski definition) is 0. The van der Waals surface area contributed by atoms with Crippen LogP contribution in [0.25, 0.3) is 11.1 Å². The average molecular weight is 537 g/mol. The molecule has 0 saturated heterocycles. The van der Waals surface area contributed by atoms with E-state index in [4.69, 9.17) is 0 Å². The molecule has 4 rings (SSSR count). The van der Waals surface area contributed by atoms with Crippen LogP contribution in [0.1, 0.15) is 59.5 Å². The molecule has 40 heavy (non-hydrogen) atoms. The Morgan fingerprint density at radius 3 is 1.30 bits per heavy atom. The number of aromatic nitrogens is 2. The molecule has 0 aliphatic carbocycles. The molecule has 0 radical (unpaired) electrons. The fourth-order valence-electron chi connectivity index (χ4n) is 5.12. The van der Waals surface area contributed by atoms with Gasteiger partial charge in [0.1, 0.15) is 11.1 Å². The fourth-order valence-corrected chi connectivity index (χ4v) is 5.12. The largest absolute Gasteiger partial charge is 0.339 e. The number of amides is 2. The third kappa shape index (κ3) is 6.63. The van der Waals surface area contributed by atoms with Crippen LogP contribution in [-0.2, 0) is 13.1 Å². The van der Waals surface area contributed by atoms with Gasteiger partial charge in [-0.05, 0) is 51.0 Å². The van der Waals surface area contributed by atoms with Crippen LogP contribution >= 0.6 is 0 Å². The zero-order valence-corrected chi connectivity index (χ0v) is 24.1. The van der Waals surface area contributed by atoms with E-state index >= 15 is 0 Å². The normalized spacial score (nSPS) is 10.8. The van der Waals surface area contributed by atoms with Crippen molar-refractivity contribution < 1.29 is 18.7 Å². The molecule has 0 saturated carbocycles. The molecular formula is C34H40N4O2+2. The molecule has 6 nitrogen and oxygen atoms in total. The smallest absolute Gasteiger partial charge is 0.259 e. The highest BCUT2D eigenvalue weighted by Gasteiger charge is 2.20. The number of benzene rings is 2. The van der Waals surface area contributed by atoms with Crippen LogP contribution in [0.5, 0.6) is 0 Å². The van der Waals surface area contributed by atoms with Crippen LogP contribution in [0, 0.1) is 0 Å². The fraction of sp³-hybridized carbons (Fsp3) is 0.294. The van der Waals surface area contributed by atoms with Crippen LogP contribution < -0.4 is 9.13 Å². The van der Waals surface area contributed by atoms with Gasteiger partial charge in [-0.1, -0.05) is 48.5 Å². The van der Waals surface area contributed by atoms with Crippen molar-refractivity contribution >= 4 is 11.8 Å². The number of pyridine rings is 2. The van der Waals surface area contributed by atoms with Gasteiger partial charge in [-0.25, -0.2) is 0 Å². The first-order valence-corrected chi connectivity index (χ1v) is 14.2. The van der Waals surface area contributed by atoms with E-state index in [0.717, 1.165) is 11.1 Å². The molecule has 2 heterocycles. The molecule has 0 aliphatic rings. The second kappa shape index (κ2) is 13.7. The molecular weight excluding hydrogens is 496 g/mol. The lowest BCUT2D eigenvalue weighted by molar-refractivity contribution is -0.688. The van der Waals surface area contributed by atoms with Gasteiger partial charge in [0.25, 0.3) is 11.8 Å². The van der Waals surface area contributed by atoms with Crippen molar-refractivity contribution in [1.82, 2.24) is 9.80 Å². The minimum atomic E-state index is 0.0525. The average Bonchev–Trinajstić information content (AvgIpc) is 2.99. The second-order valence-corrected chi connectivity index (χ2v) is 9.80. The Morgan fingerprint density at radius 2 is 0.925 bits per heavy atom. The monoisotopic (exact) mass is 536 g/mol. The van der Waals surface area contributed by atoms with Crippen molar-refractivity contribution in [1.29, 1.82) is 0 Å². The Hall–Kier alpha value is -4.32. The van der Waals surface area contributed by atoms with E-state index in [1.165, 1.54) is 11.1 Å². The summed E-state index contributed by atoms with van der Waals surface area (Å²) in [5.41, 5.74) is 6.04. The van der Waals surface area contributed by atoms with E-state index in [0.29, 0.717) is 50.4 Å². The highest BCUT2D eigenvalue weighted by atomic mass is 16.2. The number of carbonyl (C=O) groups excluding carboxylic acids is 2. The van der Waals surface area contributed by atoms with E-state index < -0.39 is 0 Å². The van der Waals surface area contributed by atoms with Gasteiger partial charge in [-0.2, -0.15) is 9.13 Å². The number of carbonyl (C=O) groups is 2. The van der Waals surface area contributed by atoms with Crippen molar-refractivity contribution in [3.63, 3.8) is 0 Å². The SMILES string of the molecule is CCN(CC)C(=O)c1ccc[n+](Cc2ccccc2-c2ccccc2C[n+]2cccc(C(=O)N(CC)CC)c2)c1. The lowest BCUT2D eigenvalue weighted by atomic mass is 9.95. The summed E-state index contributed by atoms with van der Waals surface area (Å²) >= 11 is 0. The van der Waals surface area contributed by atoms with Crippen LogP contribution in [-0.4, -0.2) is 47.8 Å². The van der Waals surface area contributed by atoms with Gasteiger partial charge in [-0.15, -0.1) is 0 Å². The standard InChI is InChI=1S/C34H40N4O2/c1-5-37(6-2)33(39)29-17-13-21-35(25-29)23-27-15-9-11-19-31(27)32-20-12-10-16-28(32)24-36-22-14-18-30(26-36)34(40)38(7-3)8-4/h9-22,25-26H,5-8,23-24H2,1-4H3/q+2. The molecule has 0 fully saturated rings. The Morgan fingerprint density at radius 1 is 0.550 bits per heavy atom. The summed E-state index contributed by atoms with van der Waals surface area (Å²) < 4.78 is 4.16. The summed E-state index contributed by atoms with van der Waals surface area (Å²) in [6.45, 7) is 12.1. The first-order valence-electron chi connectivity index (χ1n) is 14.2. The molecule has 0 N–H and O–H groups in total. The van der Waals surface area contributed by atoms with Gasteiger partial charge in [-0.3, -0.25) is 9.59 Å². The molecule has 0 spiro atoms. The number of nitrogens with zero attached hydrogens (tertiary/aromatic N) is 4. The Bertz CT molecular complexity index is 1350. The highest BCUT2D eigenvalue weighted by Crippen LogP contribution is 2.27. The maximum absolute atomic E-state index is 12.9. The van der Waals surface area contributed by atoms with E-state index in [9.17, 15) is 9.59 Å². The van der Waals surface area contributed by atoms with Crippen molar-refractivity contribution in [3.8, 4) is 11.1 Å². The van der Waals surface area contributed by atoms with Gasteiger partial charge in [0.05, 0.1) is 0 Å². The molecule has 0 bridgehead atoms. The quantitative estimate of drug-likeness (QED) is 0.254. The Labute approximate surface area is 238 Å². The summed E-state index contributed by atoms with van der Waals surface area (Å²) in [7, 11) is 0. The topological polar surface area (TPSA) is 48.4 Å². The van der Waals surface area contributed by atoms with E-state index in [1.807, 2.05) is 86.5 Å². The summed E-state index contributed by atoms with van der Waals surface area (Å²) in [5, 5.41) is 0. The maximum atomic E-state index is 12.9. The zero-order valence-electron chi connectivity index (χ0n) is 24.1. The van der Waals surface area contributed by atoms with Crippen LogP contribution in [0.2, 0.25) is 0 Å². The summed E-state index contributed by atoms with van der Waals surface area (Å²) in [4.78, 5) is 29.6. The Kier molecular flexibility index (Phi) is 9.79. The summed E-state index contributed by atoms with van der Waals surface area (Å²) in [6, 6.07) is 24.5. The summed E-state index contributed by atoms with van der Waals surface area (Å²) in [6.07, 6.45) is 7.90. The first kappa shape index (κ1) is 28.7. The van der Waals surface area contributed by atoms with Crippen LogP contribution in [0.4, 0.5) is 0 Å². The number of rotatable bonds is 11. The molecule has 206 valence electrons. The predicted octanol–water partition coefficient (Wildman–Crippen LogP) is 4.99. The van der Waals surface area contributed by atoms with Gasteiger partial charge in [0.15, 0.2) is 37.9 Å². The zero-order chi connectivity index (χ0) is 28.5. The van der Waals surface area contributed by atoms with E-state index in [2.05, 4.69) is 57.7 Å². The van der Waals surface area contributed by atoms with Gasteiger partial charge in [0.2, 0.25) is 0 Å². The molecule has 0 aliphatic heterocycles. The van der Waals surface area contributed by atoms with Crippen molar-refractivity contribution in [2.24, 2.45) is 0 Å². The highest BCUT2D eigenvalue weighted by molar-refractivity contribution is 5.94. The molecule has 2 amide bonds. The lowest BCUT2D eigenvalue weighted by Crippen LogP contribution is -2.37. The Balaban J connectivity index is 1.63. The molecule has 2 aromatic carbocycles. The first-order chi connectivity index (χ1) is 19.5. The van der Waals surface area contributed by atoms with Gasteiger partial charge in [0, 0.05) is 49.4 Å². The molecule has 0 unspecified atom stereocenters. The second-order valence-electron chi connectivity index (χ2n) is 9.80. The molecule has 2 aromatic heterocycles. The molecule has 6 heteroatoms. The van der Waals surface area contributed by atoms with E-state index in [1.54, 1.807) is 0 Å². The summed E-state index contributed by atoms with van der Waals surface area (Å²) in [5.74, 6) is 0.105.